The fourth-order valence-corrected chi connectivity index (χ4v) is 1.37. The van der Waals surface area contributed by atoms with Crippen LogP contribution in [0.3, 0.4) is 0 Å². The van der Waals surface area contributed by atoms with E-state index in [4.69, 9.17) is 10.2 Å². The summed E-state index contributed by atoms with van der Waals surface area (Å²) < 4.78 is 18.2. The molecule has 0 bridgehead atoms. The molecule has 2 aromatic rings. The first kappa shape index (κ1) is 9.93. The van der Waals surface area contributed by atoms with Crippen molar-refractivity contribution in [2.75, 3.05) is 0 Å². The summed E-state index contributed by atoms with van der Waals surface area (Å²) in [4.78, 5) is 0. The first-order chi connectivity index (χ1) is 7.16. The minimum Gasteiger partial charge on any atom is -0.459 e. The third-order valence-corrected chi connectivity index (χ3v) is 2.20. The van der Waals surface area contributed by atoms with Gasteiger partial charge in [-0.3, -0.25) is 0 Å². The minimum absolute atomic E-state index is 0.126. The van der Waals surface area contributed by atoms with Crippen LogP contribution in [-0.4, -0.2) is 0 Å². The highest BCUT2D eigenvalue weighted by Gasteiger charge is 2.07. The second kappa shape index (κ2) is 3.87. The Hall–Kier alpha value is -1.61. The van der Waals surface area contributed by atoms with Crippen LogP contribution >= 0.6 is 0 Å². The molecule has 3 heteroatoms. The predicted molar refractivity (Wildman–Crippen MR) is 56.7 cm³/mol. The lowest BCUT2D eigenvalue weighted by Crippen LogP contribution is -2.02. The van der Waals surface area contributed by atoms with Crippen molar-refractivity contribution in [3.05, 3.63) is 48.0 Å². The van der Waals surface area contributed by atoms with Crippen molar-refractivity contribution in [2.45, 2.75) is 13.0 Å². The SMILES string of the molecule is CC(N)c1ccc(-c2ccc(F)cc2)o1. The van der Waals surface area contributed by atoms with Crippen LogP contribution in [0.2, 0.25) is 0 Å². The monoisotopic (exact) mass is 205 g/mol. The van der Waals surface area contributed by atoms with E-state index in [0.29, 0.717) is 5.76 Å². The quantitative estimate of drug-likeness (QED) is 0.818. The number of benzene rings is 1. The lowest BCUT2D eigenvalue weighted by molar-refractivity contribution is 0.491. The average molecular weight is 205 g/mol. The van der Waals surface area contributed by atoms with E-state index >= 15 is 0 Å². The Labute approximate surface area is 87.5 Å². The zero-order chi connectivity index (χ0) is 10.8. The molecule has 1 heterocycles. The minimum atomic E-state index is -0.252. The summed E-state index contributed by atoms with van der Waals surface area (Å²) in [6.07, 6.45) is 0. The van der Waals surface area contributed by atoms with Crippen LogP contribution in [0, 0.1) is 5.82 Å². The highest BCUT2D eigenvalue weighted by Crippen LogP contribution is 2.24. The lowest BCUT2D eigenvalue weighted by Gasteiger charge is -2.00. The van der Waals surface area contributed by atoms with E-state index in [-0.39, 0.29) is 11.9 Å². The van der Waals surface area contributed by atoms with Crippen LogP contribution in [0.15, 0.2) is 40.8 Å². The Morgan fingerprint density at radius 1 is 1.13 bits per heavy atom. The van der Waals surface area contributed by atoms with E-state index in [0.717, 1.165) is 11.3 Å². The van der Waals surface area contributed by atoms with E-state index in [1.165, 1.54) is 12.1 Å². The number of hydrogen-bond donors (Lipinski definition) is 1. The van der Waals surface area contributed by atoms with Crippen molar-refractivity contribution < 1.29 is 8.81 Å². The van der Waals surface area contributed by atoms with Gasteiger partial charge in [-0.2, -0.15) is 0 Å². The standard InChI is InChI=1S/C12H12FNO/c1-8(14)11-6-7-12(15-11)9-2-4-10(13)5-3-9/h2-8H,14H2,1H3. The molecule has 15 heavy (non-hydrogen) atoms. The summed E-state index contributed by atoms with van der Waals surface area (Å²) in [5, 5.41) is 0. The Bertz CT molecular complexity index is 445. The van der Waals surface area contributed by atoms with Crippen LogP contribution in [0.5, 0.6) is 0 Å². The lowest BCUT2D eigenvalue weighted by atomic mass is 10.2. The van der Waals surface area contributed by atoms with Gasteiger partial charge in [-0.15, -0.1) is 0 Å². The summed E-state index contributed by atoms with van der Waals surface area (Å²) in [6, 6.07) is 9.72. The van der Waals surface area contributed by atoms with Gasteiger partial charge in [-0.05, 0) is 43.3 Å². The molecule has 2 N–H and O–H groups in total. The van der Waals surface area contributed by atoms with Crippen molar-refractivity contribution in [1.29, 1.82) is 0 Å². The van der Waals surface area contributed by atoms with Gasteiger partial charge in [0.15, 0.2) is 0 Å². The third kappa shape index (κ3) is 2.07. The molecule has 0 saturated carbocycles. The molecule has 1 aromatic heterocycles. The molecule has 1 atom stereocenters. The fraction of sp³-hybridized carbons (Fsp3) is 0.167. The first-order valence-electron chi connectivity index (χ1n) is 4.78. The summed E-state index contributed by atoms with van der Waals surface area (Å²) in [5.41, 5.74) is 6.53. The van der Waals surface area contributed by atoms with E-state index in [1.807, 2.05) is 19.1 Å². The topological polar surface area (TPSA) is 39.2 Å². The molecular formula is C12H12FNO. The molecule has 0 fully saturated rings. The third-order valence-electron chi connectivity index (χ3n) is 2.20. The highest BCUT2D eigenvalue weighted by atomic mass is 19.1. The van der Waals surface area contributed by atoms with Crippen molar-refractivity contribution in [3.63, 3.8) is 0 Å². The van der Waals surface area contributed by atoms with Crippen LogP contribution in [0.4, 0.5) is 4.39 Å². The van der Waals surface area contributed by atoms with Crippen LogP contribution in [0.25, 0.3) is 11.3 Å². The van der Waals surface area contributed by atoms with Crippen molar-refractivity contribution in [3.8, 4) is 11.3 Å². The molecule has 0 saturated heterocycles. The molecule has 0 radical (unpaired) electrons. The smallest absolute Gasteiger partial charge is 0.134 e. The Balaban J connectivity index is 2.33. The van der Waals surface area contributed by atoms with Gasteiger partial charge in [0.25, 0.3) is 0 Å². The van der Waals surface area contributed by atoms with Gasteiger partial charge in [-0.25, -0.2) is 4.39 Å². The Morgan fingerprint density at radius 3 is 2.33 bits per heavy atom. The predicted octanol–water partition coefficient (Wildman–Crippen LogP) is 3.11. The van der Waals surface area contributed by atoms with E-state index in [9.17, 15) is 4.39 Å². The molecule has 78 valence electrons. The van der Waals surface area contributed by atoms with E-state index in [1.54, 1.807) is 12.1 Å². The van der Waals surface area contributed by atoms with E-state index < -0.39 is 0 Å². The molecule has 2 nitrogen and oxygen atoms in total. The molecule has 0 aliphatic heterocycles. The second-order valence-corrected chi connectivity index (χ2v) is 3.50. The molecule has 0 amide bonds. The molecular weight excluding hydrogens is 193 g/mol. The van der Waals surface area contributed by atoms with Crippen molar-refractivity contribution in [1.82, 2.24) is 0 Å². The normalized spacial score (nSPS) is 12.7. The molecule has 0 spiro atoms. The molecule has 1 aromatic carbocycles. The van der Waals surface area contributed by atoms with Gasteiger partial charge in [0.2, 0.25) is 0 Å². The zero-order valence-corrected chi connectivity index (χ0v) is 8.41. The average Bonchev–Trinajstić information content (AvgIpc) is 2.68. The van der Waals surface area contributed by atoms with Gasteiger partial charge < -0.3 is 10.2 Å². The summed E-state index contributed by atoms with van der Waals surface area (Å²) >= 11 is 0. The number of halogens is 1. The number of furan rings is 1. The fourth-order valence-electron chi connectivity index (χ4n) is 1.37. The second-order valence-electron chi connectivity index (χ2n) is 3.50. The first-order valence-corrected chi connectivity index (χ1v) is 4.78. The van der Waals surface area contributed by atoms with Crippen LogP contribution in [0.1, 0.15) is 18.7 Å². The zero-order valence-electron chi connectivity index (χ0n) is 8.41. The highest BCUT2D eigenvalue weighted by molar-refractivity contribution is 5.57. The van der Waals surface area contributed by atoms with Gasteiger partial charge in [0, 0.05) is 5.56 Å². The summed E-state index contributed by atoms with van der Waals surface area (Å²) in [6.45, 7) is 1.85. The largest absolute Gasteiger partial charge is 0.459 e. The Morgan fingerprint density at radius 2 is 1.80 bits per heavy atom. The van der Waals surface area contributed by atoms with E-state index in [2.05, 4.69) is 0 Å². The summed E-state index contributed by atoms with van der Waals surface area (Å²) in [5.74, 6) is 1.19. The molecule has 2 rings (SSSR count). The van der Waals surface area contributed by atoms with Crippen LogP contribution in [-0.2, 0) is 0 Å². The van der Waals surface area contributed by atoms with Gasteiger partial charge >= 0.3 is 0 Å². The van der Waals surface area contributed by atoms with Crippen LogP contribution < -0.4 is 5.73 Å². The maximum Gasteiger partial charge on any atom is 0.134 e. The molecule has 0 aliphatic rings. The number of hydrogen-bond acceptors (Lipinski definition) is 2. The molecule has 0 aliphatic carbocycles. The Kier molecular flexibility index (Phi) is 2.56. The van der Waals surface area contributed by atoms with Gasteiger partial charge in [0.05, 0.1) is 6.04 Å². The maximum atomic E-state index is 12.7. The van der Waals surface area contributed by atoms with Crippen molar-refractivity contribution in [2.24, 2.45) is 5.73 Å². The van der Waals surface area contributed by atoms with Gasteiger partial charge in [-0.1, -0.05) is 0 Å². The molecule has 1 unspecified atom stereocenters. The summed E-state index contributed by atoms with van der Waals surface area (Å²) in [7, 11) is 0. The van der Waals surface area contributed by atoms with Gasteiger partial charge in [0.1, 0.15) is 17.3 Å². The number of rotatable bonds is 2. The maximum absolute atomic E-state index is 12.7. The number of nitrogens with two attached hydrogens (primary N) is 1. The van der Waals surface area contributed by atoms with Crippen molar-refractivity contribution >= 4 is 0 Å².